The molecule has 28 heteroatoms. The molecule has 4 unspecified atom stereocenters. The summed E-state index contributed by atoms with van der Waals surface area (Å²) in [5, 5.41) is 207. The van der Waals surface area contributed by atoms with Gasteiger partial charge in [-0.05, 0) is 99.7 Å². The zero-order valence-electron chi connectivity index (χ0n) is 51.4. The van der Waals surface area contributed by atoms with Crippen molar-refractivity contribution in [3.63, 3.8) is 0 Å². The van der Waals surface area contributed by atoms with Crippen molar-refractivity contribution in [2.45, 2.75) is 278 Å². The van der Waals surface area contributed by atoms with Crippen molar-refractivity contribution in [2.24, 2.45) is 51.2 Å². The summed E-state index contributed by atoms with van der Waals surface area (Å²) >= 11 is 0. The smallest absolute Gasteiger partial charge is 0.187 e. The van der Waals surface area contributed by atoms with Crippen LogP contribution in [-0.2, 0) is 42.6 Å². The fourth-order valence-electron chi connectivity index (χ4n) is 17.5. The maximum Gasteiger partial charge on any atom is 0.187 e. The van der Waals surface area contributed by atoms with Gasteiger partial charge >= 0.3 is 0 Å². The zero-order valence-corrected chi connectivity index (χ0v) is 51.4. The van der Waals surface area contributed by atoms with E-state index in [1.165, 1.54) is 13.8 Å². The molecule has 19 N–H and O–H groups in total. The fourth-order valence-corrected chi connectivity index (χ4v) is 17.5. The third kappa shape index (κ3) is 12.4. The molecule has 5 saturated heterocycles. The van der Waals surface area contributed by atoms with E-state index in [1.807, 2.05) is 13.8 Å². The average Bonchev–Trinajstić information content (AvgIpc) is 1.23. The van der Waals surface area contributed by atoms with Crippen LogP contribution in [0, 0.1) is 51.2 Å². The predicted molar refractivity (Wildman–Crippen MR) is 299 cm³/mol. The van der Waals surface area contributed by atoms with Gasteiger partial charge in [-0.25, -0.2) is 0 Å². The van der Waals surface area contributed by atoms with E-state index >= 15 is 0 Å². The maximum atomic E-state index is 12.9. The van der Waals surface area contributed by atoms with Gasteiger partial charge in [0.25, 0.3) is 0 Å². The van der Waals surface area contributed by atoms with Crippen LogP contribution in [0.4, 0.5) is 0 Å². The summed E-state index contributed by atoms with van der Waals surface area (Å²) in [6.45, 7) is 12.4. The minimum Gasteiger partial charge on any atom is -0.394 e. The Hall–Kier alpha value is -1.38. The Bertz CT molecular complexity index is 2330. The fraction of sp³-hybridized carbons (Fsp3) is 0.967. The van der Waals surface area contributed by atoms with E-state index in [9.17, 15) is 97.0 Å². The molecule has 0 amide bonds. The Kier molecular flexibility index (Phi) is 21.8. The molecule has 35 atom stereocenters. The van der Waals surface area contributed by atoms with E-state index in [2.05, 4.69) is 33.8 Å². The second kappa shape index (κ2) is 27.0. The van der Waals surface area contributed by atoms with Gasteiger partial charge in [0.2, 0.25) is 0 Å². The highest BCUT2D eigenvalue weighted by molar-refractivity contribution is 5.32. The standard InChI is InChI=1S/C60H102O28/c1-23(9-13-35(57(4,5)79)87-55-51(46(75)40(69)30(21-64)84-55)88-54-49(78)45(74)39(68)29(20-63)83-54)24-15-16-58(6)32-12-10-25-26(60(32,8)33(65)17-59(24,58)7)11-14-34(56(25,2)3)86-52-36(50-47(76)43(72)37(66)27(18-61)81-50)42(71)41(70)31(85-52)22-80-53-48(77)44(73)38(67)28(19-62)82-53/h10,23-24,26-55,61-79H,9,11-22H2,1-8H3/t23-,24?,26?,27+,28-,29-,30-,31-,32?,33-,34+,35-,36+,37+,38-,39-,40-,41-,42-,43-,44+,45+,46+,47+,48-,49-,50?,51-,52+,53-,54+,55+,58+,59-,60+/m1/s1. The molecule has 0 aromatic rings. The van der Waals surface area contributed by atoms with Gasteiger partial charge in [-0.1, -0.05) is 53.2 Å². The van der Waals surface area contributed by atoms with Crippen LogP contribution in [0.1, 0.15) is 107 Å². The highest BCUT2D eigenvalue weighted by Gasteiger charge is 2.71. The molecule has 9 rings (SSSR count). The molecule has 0 bridgehead atoms. The molecule has 4 aliphatic carbocycles. The van der Waals surface area contributed by atoms with Crippen LogP contribution in [-0.4, -0.2) is 301 Å². The Morgan fingerprint density at radius 3 is 1.64 bits per heavy atom. The van der Waals surface area contributed by atoms with Gasteiger partial charge in [0.15, 0.2) is 25.2 Å². The first kappa shape index (κ1) is 70.9. The van der Waals surface area contributed by atoms with Crippen LogP contribution in [0.25, 0.3) is 0 Å². The zero-order chi connectivity index (χ0) is 64.8. The summed E-state index contributed by atoms with van der Waals surface area (Å²) in [7, 11) is 0. The summed E-state index contributed by atoms with van der Waals surface area (Å²) < 4.78 is 54.5. The minimum absolute atomic E-state index is 0.00332. The number of aliphatic hydroxyl groups excluding tert-OH is 18. The number of allylic oxidation sites excluding steroid dienone is 1. The largest absolute Gasteiger partial charge is 0.394 e. The van der Waals surface area contributed by atoms with Gasteiger partial charge in [0, 0.05) is 10.8 Å². The normalized spacial score (nSPS) is 52.2. The number of aliphatic hydroxyl groups is 19. The van der Waals surface area contributed by atoms with Crippen LogP contribution >= 0.6 is 0 Å². The van der Waals surface area contributed by atoms with E-state index in [-0.39, 0.29) is 40.9 Å². The van der Waals surface area contributed by atoms with Gasteiger partial charge in [0.05, 0.1) is 75.1 Å². The second-order valence-electron chi connectivity index (χ2n) is 28.8. The number of hydrogen-bond acceptors (Lipinski definition) is 28. The van der Waals surface area contributed by atoms with Crippen molar-refractivity contribution in [2.75, 3.05) is 33.0 Å². The number of ether oxygens (including phenoxy) is 9. The lowest BCUT2D eigenvalue weighted by Crippen LogP contribution is -2.68. The van der Waals surface area contributed by atoms with Gasteiger partial charge in [0.1, 0.15) is 110 Å². The number of rotatable bonds is 19. The van der Waals surface area contributed by atoms with Crippen molar-refractivity contribution < 1.29 is 140 Å². The molecule has 8 fully saturated rings. The Morgan fingerprint density at radius 2 is 1.06 bits per heavy atom. The third-order valence-electron chi connectivity index (χ3n) is 23.2. The van der Waals surface area contributed by atoms with Crippen molar-refractivity contribution >= 4 is 0 Å². The van der Waals surface area contributed by atoms with Crippen molar-refractivity contribution in [3.05, 3.63) is 11.6 Å². The van der Waals surface area contributed by atoms with Crippen LogP contribution < -0.4 is 0 Å². The summed E-state index contributed by atoms with van der Waals surface area (Å²) in [6, 6.07) is 0. The lowest BCUT2D eigenvalue weighted by atomic mass is 9.38. The highest BCUT2D eigenvalue weighted by Crippen LogP contribution is 2.75. The molecule has 0 aromatic carbocycles. The highest BCUT2D eigenvalue weighted by atomic mass is 16.8. The third-order valence-corrected chi connectivity index (χ3v) is 23.2. The Morgan fingerprint density at radius 1 is 0.545 bits per heavy atom. The van der Waals surface area contributed by atoms with Gasteiger partial charge < -0.3 is 140 Å². The average molecular weight is 1270 g/mol. The summed E-state index contributed by atoms with van der Waals surface area (Å²) in [5.41, 5.74) is -2.63. The van der Waals surface area contributed by atoms with E-state index in [4.69, 9.17) is 42.6 Å². The first-order valence-corrected chi connectivity index (χ1v) is 31.4. The first-order valence-electron chi connectivity index (χ1n) is 31.4. The number of fused-ring (bicyclic) bond motifs is 5. The van der Waals surface area contributed by atoms with E-state index in [0.717, 1.165) is 18.4 Å². The molecule has 9 aliphatic rings. The molecule has 510 valence electrons. The lowest BCUT2D eigenvalue weighted by Gasteiger charge is -2.67. The monoisotopic (exact) mass is 1270 g/mol. The molecule has 0 spiro atoms. The van der Waals surface area contributed by atoms with Crippen LogP contribution in [0.5, 0.6) is 0 Å². The lowest BCUT2D eigenvalue weighted by molar-refractivity contribution is -0.375. The SMILES string of the molecule is C[C@H](CC[C@@H](O[C@@H]1O[C@H](CO)[C@@H](O)[C@H](O)[C@H]1O[C@@H]1O[C@H](CO)[C@@H](O)[C@H](O)[C@H]1O)C(C)(C)O)C1CC[C@@]2(C)C3CC=C4C(CC[C@H](O[C@@H]5O[C@H](CO[C@@H]6O[C@H](CO)[C@@H](O)[C@H](O)[C@H]6O)[C@@H](O)[C@H](O)[C@H]5C5O[C@@H](CO)[C@H](O)[C@@H](O)[C@@H]5O)C4(C)C)[C@]3(C)[C@H](O)C[C@]12C. The minimum atomic E-state index is -1.88. The number of hydrogen-bond donors (Lipinski definition) is 19. The first-order chi connectivity index (χ1) is 41.2. The molecule has 88 heavy (non-hydrogen) atoms. The molecule has 5 heterocycles. The van der Waals surface area contributed by atoms with E-state index in [0.29, 0.717) is 32.1 Å². The molecule has 3 saturated carbocycles. The molecule has 28 nitrogen and oxygen atoms in total. The molecule has 0 aromatic heterocycles. The van der Waals surface area contributed by atoms with E-state index in [1.54, 1.807) is 0 Å². The van der Waals surface area contributed by atoms with Crippen LogP contribution in [0.3, 0.4) is 0 Å². The van der Waals surface area contributed by atoms with Gasteiger partial charge in [-0.2, -0.15) is 0 Å². The summed E-state index contributed by atoms with van der Waals surface area (Å²) in [4.78, 5) is 0. The second-order valence-corrected chi connectivity index (χ2v) is 28.8. The van der Waals surface area contributed by atoms with Gasteiger partial charge in [-0.3, -0.25) is 0 Å². The molecular weight excluding hydrogens is 1170 g/mol. The van der Waals surface area contributed by atoms with Crippen LogP contribution in [0.15, 0.2) is 11.6 Å². The van der Waals surface area contributed by atoms with Crippen molar-refractivity contribution in [3.8, 4) is 0 Å². The topological polar surface area (TPSA) is 467 Å². The predicted octanol–water partition coefficient (Wildman–Crippen LogP) is -5.13. The molecule has 0 radical (unpaired) electrons. The molecule has 5 aliphatic heterocycles. The summed E-state index contributed by atoms with van der Waals surface area (Å²) in [5.74, 6) is -1.53. The summed E-state index contributed by atoms with van der Waals surface area (Å²) in [6.07, 6.45) is -35.8. The van der Waals surface area contributed by atoms with Crippen LogP contribution in [0.2, 0.25) is 0 Å². The maximum absolute atomic E-state index is 12.9. The van der Waals surface area contributed by atoms with Crippen molar-refractivity contribution in [1.29, 1.82) is 0 Å². The molecular formula is C60H102O28. The van der Waals surface area contributed by atoms with Crippen molar-refractivity contribution in [1.82, 2.24) is 0 Å². The Labute approximate surface area is 512 Å². The quantitative estimate of drug-likeness (QED) is 0.0538. The van der Waals surface area contributed by atoms with Gasteiger partial charge in [-0.15, -0.1) is 0 Å². The van der Waals surface area contributed by atoms with E-state index < -0.39 is 221 Å². The Balaban J connectivity index is 0.918.